The van der Waals surface area contributed by atoms with Crippen LogP contribution in [0.5, 0.6) is 0 Å². The summed E-state index contributed by atoms with van der Waals surface area (Å²) in [5, 5.41) is 3.19. The van der Waals surface area contributed by atoms with Crippen molar-refractivity contribution in [2.24, 2.45) is 0 Å². The zero-order valence-corrected chi connectivity index (χ0v) is 8.76. The Bertz CT molecular complexity index is 337. The van der Waals surface area contributed by atoms with Gasteiger partial charge in [0.25, 0.3) is 5.92 Å². The van der Waals surface area contributed by atoms with Gasteiger partial charge in [-0.3, -0.25) is 0 Å². The third-order valence-corrected chi connectivity index (χ3v) is 3.03. The monoisotopic (exact) mass is 211 g/mol. The van der Waals surface area contributed by atoms with Gasteiger partial charge in [-0.1, -0.05) is 30.3 Å². The van der Waals surface area contributed by atoms with Crippen LogP contribution in [-0.2, 0) is 5.54 Å². The molecule has 1 N–H and O–H groups in total. The lowest BCUT2D eigenvalue weighted by atomic mass is 9.82. The highest BCUT2D eigenvalue weighted by molar-refractivity contribution is 5.24. The first kappa shape index (κ1) is 10.6. The molecule has 0 bridgehead atoms. The summed E-state index contributed by atoms with van der Waals surface area (Å²) in [7, 11) is 0. The summed E-state index contributed by atoms with van der Waals surface area (Å²) in [5.74, 6) is -2.55. The molecule has 82 valence electrons. The van der Waals surface area contributed by atoms with Gasteiger partial charge in [-0.2, -0.15) is 0 Å². The van der Waals surface area contributed by atoms with E-state index in [1.54, 1.807) is 0 Å². The number of halogens is 2. The number of alkyl halides is 2. The van der Waals surface area contributed by atoms with Crippen LogP contribution in [0.2, 0.25) is 0 Å². The Kier molecular flexibility index (Phi) is 2.51. The van der Waals surface area contributed by atoms with Gasteiger partial charge in [-0.15, -0.1) is 0 Å². The molecule has 1 aromatic rings. The average Bonchev–Trinajstić information content (AvgIpc) is 2.17. The lowest BCUT2D eigenvalue weighted by molar-refractivity contribution is -0.0611. The fourth-order valence-corrected chi connectivity index (χ4v) is 2.20. The van der Waals surface area contributed by atoms with E-state index >= 15 is 0 Å². The quantitative estimate of drug-likeness (QED) is 0.753. The Morgan fingerprint density at radius 2 is 1.87 bits per heavy atom. The van der Waals surface area contributed by atoms with Gasteiger partial charge in [0, 0.05) is 24.9 Å². The first-order valence-electron chi connectivity index (χ1n) is 5.20. The van der Waals surface area contributed by atoms with Gasteiger partial charge in [0.2, 0.25) is 0 Å². The van der Waals surface area contributed by atoms with E-state index in [2.05, 4.69) is 5.32 Å². The van der Waals surface area contributed by atoms with Crippen molar-refractivity contribution < 1.29 is 8.78 Å². The molecule has 1 aliphatic rings. The van der Waals surface area contributed by atoms with E-state index in [0.29, 0.717) is 6.54 Å². The summed E-state index contributed by atoms with van der Waals surface area (Å²) in [5.41, 5.74) is 0.340. The predicted octanol–water partition coefficient (Wildman–Crippen LogP) is 2.92. The summed E-state index contributed by atoms with van der Waals surface area (Å²) in [4.78, 5) is 0. The van der Waals surface area contributed by atoms with Crippen LogP contribution in [0, 0.1) is 0 Å². The van der Waals surface area contributed by atoms with Crippen LogP contribution >= 0.6 is 0 Å². The molecule has 1 aliphatic heterocycles. The molecule has 1 aromatic carbocycles. The Hall–Kier alpha value is -0.960. The van der Waals surface area contributed by atoms with Gasteiger partial charge in [-0.25, -0.2) is 8.78 Å². The summed E-state index contributed by atoms with van der Waals surface area (Å²) in [6.07, 6.45) is -0.181. The fraction of sp³-hybridized carbons (Fsp3) is 0.500. The van der Waals surface area contributed by atoms with E-state index in [0.717, 1.165) is 5.56 Å². The van der Waals surface area contributed by atoms with Crippen LogP contribution in [0.1, 0.15) is 25.3 Å². The first-order chi connectivity index (χ1) is 7.02. The third-order valence-electron chi connectivity index (χ3n) is 3.03. The number of rotatable bonds is 1. The van der Waals surface area contributed by atoms with E-state index in [1.807, 2.05) is 37.3 Å². The van der Waals surface area contributed by atoms with Crippen LogP contribution in [0.25, 0.3) is 0 Å². The highest BCUT2D eigenvalue weighted by Gasteiger charge is 2.43. The molecule has 0 aromatic heterocycles. The maximum absolute atomic E-state index is 13.3. The molecule has 0 amide bonds. The predicted molar refractivity (Wildman–Crippen MR) is 56.0 cm³/mol. The van der Waals surface area contributed by atoms with Crippen LogP contribution in [0.15, 0.2) is 30.3 Å². The smallest absolute Gasteiger partial charge is 0.251 e. The molecule has 3 heteroatoms. The molecular formula is C12H15F2N. The molecule has 1 fully saturated rings. The second-order valence-corrected chi connectivity index (χ2v) is 4.41. The maximum Gasteiger partial charge on any atom is 0.251 e. The molecule has 2 rings (SSSR count). The fourth-order valence-electron chi connectivity index (χ4n) is 2.20. The Balaban J connectivity index is 2.27. The van der Waals surface area contributed by atoms with Crippen molar-refractivity contribution in [2.75, 3.05) is 6.54 Å². The summed E-state index contributed by atoms with van der Waals surface area (Å²) >= 11 is 0. The van der Waals surface area contributed by atoms with Gasteiger partial charge < -0.3 is 5.32 Å². The van der Waals surface area contributed by atoms with Crippen LogP contribution in [0.3, 0.4) is 0 Å². The van der Waals surface area contributed by atoms with E-state index < -0.39 is 11.5 Å². The lowest BCUT2D eigenvalue weighted by Gasteiger charge is -2.39. The van der Waals surface area contributed by atoms with Crippen molar-refractivity contribution in [1.29, 1.82) is 0 Å². The molecule has 1 atom stereocenters. The normalized spacial score (nSPS) is 30.1. The van der Waals surface area contributed by atoms with Crippen molar-refractivity contribution >= 4 is 0 Å². The SMILES string of the molecule is CC1(c2ccccc2)CC(F)(F)CCN1. The molecule has 0 saturated carbocycles. The largest absolute Gasteiger partial charge is 0.307 e. The molecule has 0 radical (unpaired) electrons. The van der Waals surface area contributed by atoms with Gasteiger partial charge in [0.05, 0.1) is 0 Å². The zero-order chi connectivity index (χ0) is 10.9. The Morgan fingerprint density at radius 3 is 2.47 bits per heavy atom. The van der Waals surface area contributed by atoms with Gasteiger partial charge in [-0.05, 0) is 12.5 Å². The molecule has 0 spiro atoms. The van der Waals surface area contributed by atoms with E-state index in [-0.39, 0.29) is 12.8 Å². The minimum atomic E-state index is -2.55. The number of benzene rings is 1. The minimum absolute atomic E-state index is 0.0601. The van der Waals surface area contributed by atoms with Crippen LogP contribution in [0.4, 0.5) is 8.78 Å². The van der Waals surface area contributed by atoms with Crippen molar-refractivity contribution in [3.8, 4) is 0 Å². The molecule has 1 unspecified atom stereocenters. The average molecular weight is 211 g/mol. The first-order valence-corrected chi connectivity index (χ1v) is 5.20. The van der Waals surface area contributed by atoms with E-state index in [9.17, 15) is 8.78 Å². The standard InChI is InChI=1S/C12H15F2N/c1-11(10-5-3-2-4-6-10)9-12(13,14)7-8-15-11/h2-6,15H,7-9H2,1H3. The molecule has 15 heavy (non-hydrogen) atoms. The Labute approximate surface area is 88.5 Å². The van der Waals surface area contributed by atoms with Crippen molar-refractivity contribution in [3.63, 3.8) is 0 Å². The molecule has 1 nitrogen and oxygen atoms in total. The zero-order valence-electron chi connectivity index (χ0n) is 8.76. The number of hydrogen-bond acceptors (Lipinski definition) is 1. The summed E-state index contributed by atoms with van der Waals surface area (Å²) in [6.45, 7) is 2.22. The minimum Gasteiger partial charge on any atom is -0.307 e. The maximum atomic E-state index is 13.3. The highest BCUT2D eigenvalue weighted by Crippen LogP contribution is 2.38. The third kappa shape index (κ3) is 2.17. The number of piperidine rings is 1. The van der Waals surface area contributed by atoms with E-state index in [4.69, 9.17) is 0 Å². The van der Waals surface area contributed by atoms with Crippen LogP contribution < -0.4 is 5.32 Å². The molecule has 0 aliphatic carbocycles. The topological polar surface area (TPSA) is 12.0 Å². The van der Waals surface area contributed by atoms with Gasteiger partial charge >= 0.3 is 0 Å². The second-order valence-electron chi connectivity index (χ2n) is 4.41. The number of hydrogen-bond donors (Lipinski definition) is 1. The number of nitrogens with one attached hydrogen (secondary N) is 1. The van der Waals surface area contributed by atoms with Crippen molar-refractivity contribution in [3.05, 3.63) is 35.9 Å². The molecule has 1 saturated heterocycles. The van der Waals surface area contributed by atoms with Crippen LogP contribution in [-0.4, -0.2) is 12.5 Å². The van der Waals surface area contributed by atoms with Crippen molar-refractivity contribution in [1.82, 2.24) is 5.32 Å². The Morgan fingerprint density at radius 1 is 1.20 bits per heavy atom. The second kappa shape index (κ2) is 3.56. The molecular weight excluding hydrogens is 196 g/mol. The summed E-state index contributed by atoms with van der Waals surface area (Å²) < 4.78 is 26.7. The summed E-state index contributed by atoms with van der Waals surface area (Å²) in [6, 6.07) is 9.46. The van der Waals surface area contributed by atoms with E-state index in [1.165, 1.54) is 0 Å². The molecule has 1 heterocycles. The van der Waals surface area contributed by atoms with Gasteiger partial charge in [0.1, 0.15) is 0 Å². The van der Waals surface area contributed by atoms with Crippen molar-refractivity contribution in [2.45, 2.75) is 31.2 Å². The van der Waals surface area contributed by atoms with Gasteiger partial charge in [0.15, 0.2) is 0 Å². The lowest BCUT2D eigenvalue weighted by Crippen LogP contribution is -2.50. The highest BCUT2D eigenvalue weighted by atomic mass is 19.3.